The molecule has 0 saturated heterocycles. The Bertz CT molecular complexity index is 191. The van der Waals surface area contributed by atoms with E-state index < -0.39 is 0 Å². The molecule has 1 aliphatic rings. The van der Waals surface area contributed by atoms with Gasteiger partial charge < -0.3 is 0 Å². The second-order valence-corrected chi connectivity index (χ2v) is 1.54. The van der Waals surface area contributed by atoms with Crippen molar-refractivity contribution in [2.24, 2.45) is 0 Å². The lowest BCUT2D eigenvalue weighted by molar-refractivity contribution is -0.531. The van der Waals surface area contributed by atoms with Gasteiger partial charge in [-0.05, 0) is 6.08 Å². The third kappa shape index (κ3) is 1.90. The molecule has 0 aromatic carbocycles. The molecule has 0 unspecified atom stereocenters. The molecule has 0 aromatic heterocycles. The van der Waals surface area contributed by atoms with E-state index in [9.17, 15) is 4.91 Å². The van der Waals surface area contributed by atoms with Gasteiger partial charge >= 0.3 is 0 Å². The standard InChI is InChI=1S/C6H7N2O/c9-8-6-4-2-1-3-5-7-8/h1-6H,(H,7,9)/q+1. The molecule has 0 radical (unpaired) electrons. The van der Waals surface area contributed by atoms with Crippen LogP contribution in [0.1, 0.15) is 0 Å². The van der Waals surface area contributed by atoms with Crippen LogP contribution >= 0.6 is 0 Å². The topological polar surface area (TPSA) is 32.1 Å². The van der Waals surface area contributed by atoms with E-state index in [1.54, 1.807) is 24.4 Å². The zero-order valence-electron chi connectivity index (χ0n) is 4.82. The van der Waals surface area contributed by atoms with Gasteiger partial charge in [0.15, 0.2) is 4.87 Å². The van der Waals surface area contributed by atoms with Gasteiger partial charge in [0.25, 0.3) is 6.20 Å². The fourth-order valence-electron chi connectivity index (χ4n) is 0.471. The highest BCUT2D eigenvalue weighted by Crippen LogP contribution is 1.83. The maximum Gasteiger partial charge on any atom is 0.257 e. The molecule has 46 valence electrons. The van der Waals surface area contributed by atoms with Crippen LogP contribution < -0.4 is 5.43 Å². The molecule has 0 saturated carbocycles. The highest BCUT2D eigenvalue weighted by atomic mass is 16.3. The van der Waals surface area contributed by atoms with Gasteiger partial charge in [-0.2, -0.15) is 0 Å². The Morgan fingerprint density at radius 2 is 1.89 bits per heavy atom. The molecule has 9 heavy (non-hydrogen) atoms. The predicted octanol–water partition coefficient (Wildman–Crippen LogP) is 0.867. The number of hydrazine groups is 1. The van der Waals surface area contributed by atoms with Crippen molar-refractivity contribution in [2.75, 3.05) is 0 Å². The van der Waals surface area contributed by atoms with E-state index in [1.165, 1.54) is 6.20 Å². The van der Waals surface area contributed by atoms with E-state index in [0.29, 0.717) is 4.87 Å². The van der Waals surface area contributed by atoms with Gasteiger partial charge in [-0.1, -0.05) is 12.2 Å². The molecule has 3 heteroatoms. The summed E-state index contributed by atoms with van der Waals surface area (Å²) >= 11 is 0. The van der Waals surface area contributed by atoms with Crippen molar-refractivity contribution in [3.8, 4) is 0 Å². The quantitative estimate of drug-likeness (QED) is 0.484. The summed E-state index contributed by atoms with van der Waals surface area (Å²) in [6.45, 7) is 0. The largest absolute Gasteiger partial charge is 0.257 e. The molecule has 3 nitrogen and oxygen atoms in total. The Hall–Kier alpha value is -1.38. The number of nitroso groups, excluding NO2 is 1. The number of nitrogens with one attached hydrogen (secondary N) is 1. The van der Waals surface area contributed by atoms with Crippen molar-refractivity contribution in [1.29, 1.82) is 0 Å². The van der Waals surface area contributed by atoms with Crippen LogP contribution in [0.25, 0.3) is 0 Å². The third-order valence-corrected chi connectivity index (χ3v) is 0.853. The van der Waals surface area contributed by atoms with Gasteiger partial charge in [0.1, 0.15) is 0 Å². The second kappa shape index (κ2) is 2.81. The number of rotatable bonds is 0. The molecule has 0 amide bonds. The van der Waals surface area contributed by atoms with Crippen LogP contribution in [0, 0.1) is 4.91 Å². The monoisotopic (exact) mass is 123 g/mol. The van der Waals surface area contributed by atoms with Crippen molar-refractivity contribution in [1.82, 2.24) is 5.43 Å². The summed E-state index contributed by atoms with van der Waals surface area (Å²) in [4.78, 5) is 11.1. The first-order chi connectivity index (χ1) is 4.39. The number of hydrogen-bond acceptors (Lipinski definition) is 1. The normalized spacial score (nSPS) is 27.3. The van der Waals surface area contributed by atoms with Crippen LogP contribution in [-0.4, -0.2) is 4.87 Å². The highest BCUT2D eigenvalue weighted by molar-refractivity contribution is 5.09. The van der Waals surface area contributed by atoms with Gasteiger partial charge in [0.2, 0.25) is 0 Å². The van der Waals surface area contributed by atoms with Crippen molar-refractivity contribution in [3.05, 3.63) is 41.6 Å². The summed E-state index contributed by atoms with van der Waals surface area (Å²) in [5.74, 6) is 0. The Labute approximate surface area is 52.9 Å². The van der Waals surface area contributed by atoms with Gasteiger partial charge in [-0.15, -0.1) is 5.43 Å². The van der Waals surface area contributed by atoms with E-state index in [2.05, 4.69) is 5.43 Å². The Kier molecular flexibility index (Phi) is 1.80. The van der Waals surface area contributed by atoms with E-state index >= 15 is 0 Å². The van der Waals surface area contributed by atoms with Gasteiger partial charge in [0.05, 0.1) is 11.1 Å². The van der Waals surface area contributed by atoms with Crippen LogP contribution in [0.15, 0.2) is 36.7 Å². The van der Waals surface area contributed by atoms with Gasteiger partial charge in [0, 0.05) is 6.08 Å². The molecule has 0 fully saturated rings. The smallest absolute Gasteiger partial charge is 0.122 e. The Morgan fingerprint density at radius 3 is 2.78 bits per heavy atom. The lowest BCUT2D eigenvalue weighted by Crippen LogP contribution is -2.14. The molecule has 1 heterocycles. The second-order valence-electron chi connectivity index (χ2n) is 1.54. The summed E-state index contributed by atoms with van der Waals surface area (Å²) in [5.41, 5.74) is 2.44. The molecule has 0 aliphatic carbocycles. The zero-order chi connectivity index (χ0) is 6.53. The van der Waals surface area contributed by atoms with E-state index in [-0.39, 0.29) is 0 Å². The minimum absolute atomic E-state index is 0.625. The first-order valence-electron chi connectivity index (χ1n) is 2.62. The van der Waals surface area contributed by atoms with Crippen LogP contribution in [0.5, 0.6) is 0 Å². The molecule has 0 bridgehead atoms. The molecule has 1 rings (SSSR count). The summed E-state index contributed by atoms with van der Waals surface area (Å²) in [6.07, 6.45) is 9.96. The summed E-state index contributed by atoms with van der Waals surface area (Å²) < 4.78 is 0. The molecule has 0 atom stereocenters. The average molecular weight is 123 g/mol. The van der Waals surface area contributed by atoms with E-state index in [0.717, 1.165) is 0 Å². The molecular formula is C6H7N2O+. The minimum atomic E-state index is 0.625. The number of nitrogens with zero attached hydrogens (tertiary/aromatic N) is 1. The number of allylic oxidation sites excluding steroid dienone is 4. The van der Waals surface area contributed by atoms with Crippen molar-refractivity contribution < 1.29 is 4.87 Å². The van der Waals surface area contributed by atoms with E-state index in [4.69, 9.17) is 0 Å². The van der Waals surface area contributed by atoms with Crippen LogP contribution in [0.2, 0.25) is 0 Å². The van der Waals surface area contributed by atoms with Gasteiger partial charge in [-0.25, -0.2) is 0 Å². The molecule has 1 aliphatic heterocycles. The molecular weight excluding hydrogens is 116 g/mol. The van der Waals surface area contributed by atoms with Crippen LogP contribution in [-0.2, 0) is 0 Å². The predicted molar refractivity (Wildman–Crippen MR) is 34.2 cm³/mol. The Morgan fingerprint density at radius 1 is 1.11 bits per heavy atom. The lowest BCUT2D eigenvalue weighted by atomic mass is 10.4. The van der Waals surface area contributed by atoms with Crippen molar-refractivity contribution >= 4 is 0 Å². The first kappa shape index (κ1) is 5.75. The molecule has 1 N–H and O–H groups in total. The lowest BCUT2D eigenvalue weighted by Gasteiger charge is -1.83. The fraction of sp³-hybridized carbons (Fsp3) is 0. The molecule has 0 aromatic rings. The van der Waals surface area contributed by atoms with Crippen molar-refractivity contribution in [2.45, 2.75) is 0 Å². The maximum atomic E-state index is 10.5. The first-order valence-corrected chi connectivity index (χ1v) is 2.62. The van der Waals surface area contributed by atoms with Crippen LogP contribution in [0.4, 0.5) is 0 Å². The van der Waals surface area contributed by atoms with Crippen LogP contribution in [0.3, 0.4) is 0 Å². The highest BCUT2D eigenvalue weighted by Gasteiger charge is 1.94. The van der Waals surface area contributed by atoms with Crippen molar-refractivity contribution in [3.63, 3.8) is 0 Å². The minimum Gasteiger partial charge on any atom is -0.122 e. The summed E-state index contributed by atoms with van der Waals surface area (Å²) in [6, 6.07) is 0. The third-order valence-electron chi connectivity index (χ3n) is 0.853. The summed E-state index contributed by atoms with van der Waals surface area (Å²) in [5, 5.41) is 0. The average Bonchev–Trinajstić information content (AvgIpc) is 1.79. The van der Waals surface area contributed by atoms with Gasteiger partial charge in [-0.3, -0.25) is 0 Å². The fourth-order valence-corrected chi connectivity index (χ4v) is 0.471. The zero-order valence-corrected chi connectivity index (χ0v) is 4.82. The van der Waals surface area contributed by atoms with E-state index in [1.807, 2.05) is 6.08 Å². The maximum absolute atomic E-state index is 10.5. The number of hydrogen-bond donors (Lipinski definition) is 1. The SMILES string of the molecule is O=[N+]1\C=C/C=C\C=C/N1. The molecule has 0 spiro atoms. The Balaban J connectivity index is 2.70. The summed E-state index contributed by atoms with van der Waals surface area (Å²) in [7, 11) is 0.